The number of imidazole rings is 1. The maximum absolute atomic E-state index is 12.9. The van der Waals surface area contributed by atoms with Crippen LogP contribution in [-0.2, 0) is 24.3 Å². The number of carbonyl (C=O) groups is 1. The lowest BCUT2D eigenvalue weighted by Gasteiger charge is -2.23. The van der Waals surface area contributed by atoms with E-state index in [1.54, 1.807) is 0 Å². The van der Waals surface area contributed by atoms with E-state index in [4.69, 9.17) is 5.73 Å². The summed E-state index contributed by atoms with van der Waals surface area (Å²) in [6.45, 7) is 8.55. The number of aromatic amines is 1. The van der Waals surface area contributed by atoms with Gasteiger partial charge in [0.2, 0.25) is 5.88 Å². The Kier molecular flexibility index (Phi) is 6.05. The molecule has 1 amide bonds. The lowest BCUT2D eigenvalue weighted by Crippen LogP contribution is -2.43. The zero-order valence-corrected chi connectivity index (χ0v) is 18.1. The number of benzene rings is 1. The fourth-order valence-electron chi connectivity index (χ4n) is 4.03. The zero-order chi connectivity index (χ0) is 22.1. The quantitative estimate of drug-likeness (QED) is 0.616. The van der Waals surface area contributed by atoms with E-state index < -0.39 is 5.54 Å². The average molecular weight is 414 g/mol. The van der Waals surface area contributed by atoms with Gasteiger partial charge in [-0.2, -0.15) is 0 Å². The van der Waals surface area contributed by atoms with Crippen molar-refractivity contribution in [2.75, 3.05) is 0 Å². The number of aromatic hydroxyl groups is 1. The van der Waals surface area contributed by atoms with Crippen LogP contribution in [0.15, 0.2) is 34.1 Å². The lowest BCUT2D eigenvalue weighted by atomic mass is 9.91. The highest BCUT2D eigenvalue weighted by molar-refractivity contribution is 6.06. The zero-order valence-electron chi connectivity index (χ0n) is 18.1. The number of nitrogens with zero attached hydrogens (tertiary/aromatic N) is 3. The van der Waals surface area contributed by atoms with E-state index in [1.165, 1.54) is 9.47 Å². The molecule has 8 heteroatoms. The average Bonchev–Trinajstić information content (AvgIpc) is 3.04. The van der Waals surface area contributed by atoms with Crippen LogP contribution in [0.1, 0.15) is 57.4 Å². The Morgan fingerprint density at radius 1 is 1.17 bits per heavy atom. The molecule has 8 nitrogen and oxygen atoms in total. The number of nitrogens with one attached hydrogen (secondary N) is 1. The highest BCUT2D eigenvalue weighted by Crippen LogP contribution is 2.29. The van der Waals surface area contributed by atoms with Crippen LogP contribution in [0.3, 0.4) is 0 Å². The number of aromatic nitrogens is 2. The third kappa shape index (κ3) is 4.27. The molecule has 1 aliphatic rings. The number of H-pyrrole nitrogens is 1. The topological polar surface area (TPSA) is 117 Å². The molecule has 0 saturated heterocycles. The molecule has 1 unspecified atom stereocenters. The number of carbonyl (C=O) groups excluding carboxylic acids is 1. The molecule has 1 aromatic heterocycles. The van der Waals surface area contributed by atoms with E-state index in [0.717, 1.165) is 17.5 Å². The van der Waals surface area contributed by atoms with E-state index >= 15 is 0 Å². The van der Waals surface area contributed by atoms with Gasteiger partial charge < -0.3 is 15.8 Å². The van der Waals surface area contributed by atoms with Crippen molar-refractivity contribution in [3.8, 4) is 5.88 Å². The summed E-state index contributed by atoms with van der Waals surface area (Å²) < 4.78 is 1.33. The standard InChI is InChI=1S/C22H31N5O3/c1-5-6-17-18(28)26(21(30)24-17)12-15-7-9-16(10-8-15)13-27-19(29)22(4,11-14(2)3)25-20(27)23/h7-10,14,28H,5-6,11-13H2,1-4H3,(H2,23,25)(H,24,30). The first-order chi connectivity index (χ1) is 14.1. The SMILES string of the molecule is CCCc1[nH]c(=O)n(Cc2ccc(CN3C(=O)C(C)(CC(C)C)N=C3N)cc2)c1O. The molecule has 0 saturated carbocycles. The maximum Gasteiger partial charge on any atom is 0.328 e. The van der Waals surface area contributed by atoms with Crippen molar-refractivity contribution in [2.45, 2.75) is 65.6 Å². The van der Waals surface area contributed by atoms with E-state index in [-0.39, 0.29) is 30.0 Å². The Labute approximate surface area is 176 Å². The van der Waals surface area contributed by atoms with Crippen LogP contribution in [0.25, 0.3) is 0 Å². The Balaban J connectivity index is 1.71. The van der Waals surface area contributed by atoms with Crippen molar-refractivity contribution in [3.05, 3.63) is 51.6 Å². The van der Waals surface area contributed by atoms with Gasteiger partial charge in [-0.15, -0.1) is 0 Å². The largest absolute Gasteiger partial charge is 0.493 e. The fourth-order valence-corrected chi connectivity index (χ4v) is 4.03. The second kappa shape index (κ2) is 8.38. The minimum atomic E-state index is -0.804. The van der Waals surface area contributed by atoms with Gasteiger partial charge in [-0.1, -0.05) is 51.5 Å². The van der Waals surface area contributed by atoms with Crippen molar-refractivity contribution < 1.29 is 9.90 Å². The Bertz CT molecular complexity index is 1000. The Morgan fingerprint density at radius 2 is 1.77 bits per heavy atom. The first-order valence-corrected chi connectivity index (χ1v) is 10.4. The smallest absolute Gasteiger partial charge is 0.328 e. The molecule has 3 rings (SSSR count). The highest BCUT2D eigenvalue weighted by Gasteiger charge is 2.43. The minimum absolute atomic E-state index is 0.0120. The predicted octanol–water partition coefficient (Wildman–Crippen LogP) is 2.34. The van der Waals surface area contributed by atoms with Crippen LogP contribution >= 0.6 is 0 Å². The van der Waals surface area contributed by atoms with E-state index in [2.05, 4.69) is 23.8 Å². The van der Waals surface area contributed by atoms with Crippen molar-refractivity contribution >= 4 is 11.9 Å². The number of aliphatic imine (C=N–C) groups is 1. The van der Waals surface area contributed by atoms with E-state index in [1.807, 2.05) is 38.1 Å². The number of hydrogen-bond acceptors (Lipinski definition) is 5. The van der Waals surface area contributed by atoms with Crippen molar-refractivity contribution in [3.63, 3.8) is 0 Å². The molecule has 1 aromatic carbocycles. The first kappa shape index (κ1) is 21.7. The van der Waals surface area contributed by atoms with Crippen molar-refractivity contribution in [2.24, 2.45) is 16.6 Å². The van der Waals surface area contributed by atoms with Crippen LogP contribution in [0, 0.1) is 5.92 Å². The van der Waals surface area contributed by atoms with Crippen LogP contribution < -0.4 is 11.4 Å². The third-order valence-electron chi connectivity index (χ3n) is 5.38. The van der Waals surface area contributed by atoms with Crippen molar-refractivity contribution in [1.82, 2.24) is 14.5 Å². The fraction of sp³-hybridized carbons (Fsp3) is 0.500. The summed E-state index contributed by atoms with van der Waals surface area (Å²) in [6, 6.07) is 7.56. The molecule has 0 aliphatic carbocycles. The summed E-state index contributed by atoms with van der Waals surface area (Å²) in [5.41, 5.74) is 7.27. The number of amides is 1. The van der Waals surface area contributed by atoms with Gasteiger partial charge >= 0.3 is 5.69 Å². The van der Waals surface area contributed by atoms with Gasteiger partial charge in [0.25, 0.3) is 5.91 Å². The summed E-state index contributed by atoms with van der Waals surface area (Å²) in [7, 11) is 0. The summed E-state index contributed by atoms with van der Waals surface area (Å²) in [6.07, 6.45) is 2.10. The first-order valence-electron chi connectivity index (χ1n) is 10.4. The Hall–Kier alpha value is -3.03. The number of aryl methyl sites for hydroxylation is 1. The van der Waals surface area contributed by atoms with Crippen LogP contribution in [0.5, 0.6) is 5.88 Å². The lowest BCUT2D eigenvalue weighted by molar-refractivity contribution is -0.131. The molecule has 162 valence electrons. The second-order valence-electron chi connectivity index (χ2n) is 8.62. The monoisotopic (exact) mass is 413 g/mol. The minimum Gasteiger partial charge on any atom is -0.493 e. The molecule has 2 heterocycles. The third-order valence-corrected chi connectivity index (χ3v) is 5.38. The van der Waals surface area contributed by atoms with Crippen LogP contribution in [-0.4, -0.2) is 37.0 Å². The molecular weight excluding hydrogens is 382 g/mol. The number of guanidine groups is 1. The van der Waals surface area contributed by atoms with Gasteiger partial charge in [-0.25, -0.2) is 9.79 Å². The Morgan fingerprint density at radius 3 is 2.33 bits per heavy atom. The molecular formula is C22H31N5O3. The van der Waals surface area contributed by atoms with Gasteiger partial charge in [-0.3, -0.25) is 14.3 Å². The molecule has 30 heavy (non-hydrogen) atoms. The summed E-state index contributed by atoms with van der Waals surface area (Å²) in [4.78, 5) is 33.7. The van der Waals surface area contributed by atoms with E-state index in [9.17, 15) is 14.7 Å². The van der Waals surface area contributed by atoms with Crippen molar-refractivity contribution in [1.29, 1.82) is 0 Å². The summed E-state index contributed by atoms with van der Waals surface area (Å²) >= 11 is 0. The molecule has 4 N–H and O–H groups in total. The van der Waals surface area contributed by atoms with Gasteiger partial charge in [0.15, 0.2) is 5.96 Å². The van der Waals surface area contributed by atoms with Gasteiger partial charge in [0, 0.05) is 0 Å². The van der Waals surface area contributed by atoms with Gasteiger partial charge in [0.05, 0.1) is 18.8 Å². The molecule has 1 atom stereocenters. The predicted molar refractivity (Wildman–Crippen MR) is 116 cm³/mol. The number of rotatable bonds is 8. The van der Waals surface area contributed by atoms with Gasteiger partial charge in [0.1, 0.15) is 5.54 Å². The molecule has 2 aromatic rings. The molecule has 1 aliphatic heterocycles. The maximum atomic E-state index is 12.9. The van der Waals surface area contributed by atoms with Gasteiger partial charge in [-0.05, 0) is 36.8 Å². The summed E-state index contributed by atoms with van der Waals surface area (Å²) in [5.74, 6) is 0.493. The highest BCUT2D eigenvalue weighted by atomic mass is 16.3. The van der Waals surface area contributed by atoms with E-state index in [0.29, 0.717) is 31.0 Å². The molecule has 0 radical (unpaired) electrons. The molecule has 0 spiro atoms. The normalized spacial score (nSPS) is 19.0. The second-order valence-corrected chi connectivity index (χ2v) is 8.62. The number of nitrogens with two attached hydrogens (primary N) is 1. The molecule has 0 bridgehead atoms. The molecule has 0 fully saturated rings. The summed E-state index contributed by atoms with van der Waals surface area (Å²) in [5, 5.41) is 10.3. The number of hydrogen-bond donors (Lipinski definition) is 3. The van der Waals surface area contributed by atoms with Crippen LogP contribution in [0.2, 0.25) is 0 Å². The van der Waals surface area contributed by atoms with Crippen LogP contribution in [0.4, 0.5) is 0 Å².